The number of rotatable bonds is 5. The standard InChI is InChI=1S/C24H17BrN2O7S/c1-12-2-8-18(33-12)21-20(22(28)19-11-13-10-14(25)3-9-17(13)34-19)23(29)24(30)27(21)15-4-6-16(7-5-15)35(26,31)32/h2-11,21,29H,1H3,(H2,26,31,32). The Hall–Kier alpha value is -3.67. The number of Topliss-reactive ketones (excluding diaryl/α,β-unsaturated/α-hetero) is 1. The topological polar surface area (TPSA) is 144 Å². The summed E-state index contributed by atoms with van der Waals surface area (Å²) >= 11 is 3.37. The van der Waals surface area contributed by atoms with Gasteiger partial charge in [-0.1, -0.05) is 15.9 Å². The number of nitrogens with two attached hydrogens (primary N) is 1. The zero-order valence-corrected chi connectivity index (χ0v) is 20.5. The molecule has 1 aliphatic rings. The molecule has 2 aromatic carbocycles. The molecule has 0 fully saturated rings. The van der Waals surface area contributed by atoms with Crippen molar-refractivity contribution in [2.24, 2.45) is 5.14 Å². The largest absolute Gasteiger partial charge is 0.503 e. The monoisotopic (exact) mass is 556 g/mol. The summed E-state index contributed by atoms with van der Waals surface area (Å²) in [5.41, 5.74) is 0.462. The van der Waals surface area contributed by atoms with Crippen molar-refractivity contribution in [3.05, 3.63) is 93.7 Å². The molecule has 178 valence electrons. The van der Waals surface area contributed by atoms with Gasteiger partial charge in [-0.25, -0.2) is 13.6 Å². The number of carbonyl (C=O) groups excluding carboxylic acids is 2. The number of benzene rings is 2. The third-order valence-electron chi connectivity index (χ3n) is 5.63. The van der Waals surface area contributed by atoms with Gasteiger partial charge in [0.15, 0.2) is 11.5 Å². The lowest BCUT2D eigenvalue weighted by molar-refractivity contribution is -0.117. The van der Waals surface area contributed by atoms with Gasteiger partial charge in [0.25, 0.3) is 5.91 Å². The summed E-state index contributed by atoms with van der Waals surface area (Å²) in [6.07, 6.45) is 0. The van der Waals surface area contributed by atoms with Gasteiger partial charge in [0, 0.05) is 15.5 Å². The number of aliphatic hydroxyl groups excluding tert-OH is 1. The van der Waals surface area contributed by atoms with Crippen molar-refractivity contribution in [1.82, 2.24) is 0 Å². The Morgan fingerprint density at radius 2 is 1.77 bits per heavy atom. The van der Waals surface area contributed by atoms with Gasteiger partial charge >= 0.3 is 0 Å². The molecule has 0 aliphatic carbocycles. The van der Waals surface area contributed by atoms with Crippen LogP contribution in [0.25, 0.3) is 11.0 Å². The normalized spacial score (nSPS) is 16.5. The average Bonchev–Trinajstić information content (AvgIpc) is 3.49. The van der Waals surface area contributed by atoms with Crippen LogP contribution < -0.4 is 10.0 Å². The highest BCUT2D eigenvalue weighted by Crippen LogP contribution is 2.43. The van der Waals surface area contributed by atoms with Crippen LogP contribution in [0, 0.1) is 6.92 Å². The van der Waals surface area contributed by atoms with E-state index >= 15 is 0 Å². The van der Waals surface area contributed by atoms with Gasteiger partial charge in [-0.3, -0.25) is 14.5 Å². The number of primary sulfonamides is 1. The molecule has 5 rings (SSSR count). The summed E-state index contributed by atoms with van der Waals surface area (Å²) in [6, 6.07) is 14.1. The molecule has 1 atom stereocenters. The van der Waals surface area contributed by atoms with Crippen LogP contribution in [0.3, 0.4) is 0 Å². The van der Waals surface area contributed by atoms with Crippen LogP contribution in [0.2, 0.25) is 0 Å². The zero-order chi connectivity index (χ0) is 25.1. The highest BCUT2D eigenvalue weighted by atomic mass is 79.9. The van der Waals surface area contributed by atoms with Crippen molar-refractivity contribution < 1.29 is 31.9 Å². The molecule has 1 unspecified atom stereocenters. The van der Waals surface area contributed by atoms with E-state index in [0.717, 1.165) is 9.37 Å². The van der Waals surface area contributed by atoms with Gasteiger partial charge in [0.2, 0.25) is 15.8 Å². The molecule has 2 aromatic heterocycles. The van der Waals surface area contributed by atoms with Gasteiger partial charge in [0.05, 0.1) is 10.5 Å². The molecule has 1 aliphatic heterocycles. The molecule has 0 bridgehead atoms. The van der Waals surface area contributed by atoms with E-state index < -0.39 is 33.5 Å². The second-order valence-corrected chi connectivity index (χ2v) is 10.4. The molecule has 1 amide bonds. The Morgan fingerprint density at radius 3 is 2.40 bits per heavy atom. The lowest BCUT2D eigenvalue weighted by atomic mass is 9.99. The lowest BCUT2D eigenvalue weighted by Crippen LogP contribution is -2.30. The smallest absolute Gasteiger partial charge is 0.294 e. The fourth-order valence-electron chi connectivity index (χ4n) is 4.03. The van der Waals surface area contributed by atoms with Crippen LogP contribution in [0.5, 0.6) is 0 Å². The van der Waals surface area contributed by atoms with E-state index in [9.17, 15) is 23.1 Å². The highest BCUT2D eigenvalue weighted by Gasteiger charge is 2.47. The Morgan fingerprint density at radius 1 is 1.06 bits per heavy atom. The number of aryl methyl sites for hydroxylation is 1. The third kappa shape index (κ3) is 3.97. The second kappa shape index (κ2) is 8.22. The van der Waals surface area contributed by atoms with E-state index in [1.54, 1.807) is 37.3 Å². The molecule has 9 nitrogen and oxygen atoms in total. The van der Waals surface area contributed by atoms with Crippen LogP contribution in [0.1, 0.15) is 28.1 Å². The summed E-state index contributed by atoms with van der Waals surface area (Å²) in [7, 11) is -3.96. The molecule has 0 saturated heterocycles. The summed E-state index contributed by atoms with van der Waals surface area (Å²) < 4.78 is 35.5. The number of halogens is 1. The molecule has 3 N–H and O–H groups in total. The molecule has 11 heteroatoms. The van der Waals surface area contributed by atoms with Crippen LogP contribution in [-0.2, 0) is 14.8 Å². The minimum Gasteiger partial charge on any atom is -0.503 e. The van der Waals surface area contributed by atoms with Crippen molar-refractivity contribution in [2.75, 3.05) is 4.90 Å². The molecular weight excluding hydrogens is 540 g/mol. The number of sulfonamides is 1. The van der Waals surface area contributed by atoms with Crippen LogP contribution in [0.15, 0.2) is 90.2 Å². The number of anilines is 1. The minimum atomic E-state index is -3.96. The number of aliphatic hydroxyl groups is 1. The summed E-state index contributed by atoms with van der Waals surface area (Å²) in [5, 5.41) is 16.7. The van der Waals surface area contributed by atoms with Crippen molar-refractivity contribution in [2.45, 2.75) is 17.9 Å². The minimum absolute atomic E-state index is 0.0628. The number of hydrogen-bond donors (Lipinski definition) is 2. The quantitative estimate of drug-likeness (QED) is 0.343. The fourth-order valence-corrected chi connectivity index (χ4v) is 4.92. The highest BCUT2D eigenvalue weighted by molar-refractivity contribution is 9.10. The second-order valence-electron chi connectivity index (χ2n) is 7.95. The fraction of sp³-hybridized carbons (Fsp3) is 0.0833. The van der Waals surface area contributed by atoms with Crippen LogP contribution in [0.4, 0.5) is 5.69 Å². The molecule has 0 spiro atoms. The van der Waals surface area contributed by atoms with Gasteiger partial charge < -0.3 is 13.9 Å². The predicted octanol–water partition coefficient (Wildman–Crippen LogP) is 4.53. The van der Waals surface area contributed by atoms with E-state index in [2.05, 4.69) is 15.9 Å². The van der Waals surface area contributed by atoms with Crippen molar-refractivity contribution >= 4 is 54.3 Å². The first-order valence-corrected chi connectivity index (χ1v) is 12.6. The lowest BCUT2D eigenvalue weighted by Gasteiger charge is -2.25. The molecule has 4 aromatic rings. The van der Waals surface area contributed by atoms with E-state index in [-0.39, 0.29) is 27.7 Å². The number of ketones is 1. The van der Waals surface area contributed by atoms with Crippen molar-refractivity contribution in [3.63, 3.8) is 0 Å². The molecule has 0 saturated carbocycles. The van der Waals surface area contributed by atoms with E-state index in [1.807, 2.05) is 0 Å². The maximum atomic E-state index is 13.6. The molecular formula is C24H17BrN2O7S. The van der Waals surface area contributed by atoms with Gasteiger partial charge in [-0.2, -0.15) is 0 Å². The SMILES string of the molecule is Cc1ccc(C2C(C(=O)c3cc4cc(Br)ccc4o3)=C(O)C(=O)N2c2ccc(S(N)(=O)=O)cc2)o1. The predicted molar refractivity (Wildman–Crippen MR) is 129 cm³/mol. The molecule has 35 heavy (non-hydrogen) atoms. The first kappa shape index (κ1) is 23.1. The van der Waals surface area contributed by atoms with Crippen molar-refractivity contribution in [3.8, 4) is 0 Å². The van der Waals surface area contributed by atoms with Crippen molar-refractivity contribution in [1.29, 1.82) is 0 Å². The Labute approximate surface area is 207 Å². The number of fused-ring (bicyclic) bond motifs is 1. The first-order valence-electron chi connectivity index (χ1n) is 10.2. The van der Waals surface area contributed by atoms with Gasteiger partial charge in [-0.15, -0.1) is 0 Å². The van der Waals surface area contributed by atoms with Crippen LogP contribution in [-0.4, -0.2) is 25.2 Å². The molecule has 0 radical (unpaired) electrons. The number of amides is 1. The number of furan rings is 2. The summed E-state index contributed by atoms with van der Waals surface area (Å²) in [5.74, 6) is -1.60. The summed E-state index contributed by atoms with van der Waals surface area (Å²) in [4.78, 5) is 27.8. The summed E-state index contributed by atoms with van der Waals surface area (Å²) in [6.45, 7) is 1.70. The zero-order valence-electron chi connectivity index (χ0n) is 18.1. The third-order valence-corrected chi connectivity index (χ3v) is 7.05. The Bertz CT molecular complexity index is 1650. The maximum Gasteiger partial charge on any atom is 0.294 e. The van der Waals surface area contributed by atoms with Gasteiger partial charge in [0.1, 0.15) is 23.1 Å². The Kier molecular flexibility index (Phi) is 5.42. The molecule has 3 heterocycles. The average molecular weight is 557 g/mol. The maximum absolute atomic E-state index is 13.6. The van der Waals surface area contributed by atoms with E-state index in [4.69, 9.17) is 14.0 Å². The van der Waals surface area contributed by atoms with Gasteiger partial charge in [-0.05, 0) is 67.6 Å². The van der Waals surface area contributed by atoms with E-state index in [0.29, 0.717) is 16.7 Å². The number of hydrogen-bond acceptors (Lipinski definition) is 7. The van der Waals surface area contributed by atoms with Crippen LogP contribution >= 0.6 is 15.9 Å². The first-order chi connectivity index (χ1) is 16.5. The number of carbonyl (C=O) groups is 2. The Balaban J connectivity index is 1.63. The van der Waals surface area contributed by atoms with E-state index in [1.165, 1.54) is 30.3 Å². The number of nitrogens with zero attached hydrogens (tertiary/aromatic N) is 1.